The van der Waals surface area contributed by atoms with Crippen LogP contribution in [0.5, 0.6) is 5.75 Å². The normalized spacial score (nSPS) is 21.4. The minimum atomic E-state index is 0.422. The molecule has 20 heavy (non-hydrogen) atoms. The van der Waals surface area contributed by atoms with Gasteiger partial charge in [0.15, 0.2) is 0 Å². The molecule has 1 aliphatic carbocycles. The molecule has 1 aliphatic rings. The SMILES string of the molecule is C=CCOc1ccc(CNC2CCCCC2(C)C)cc1. The van der Waals surface area contributed by atoms with E-state index in [1.807, 2.05) is 12.1 Å². The van der Waals surface area contributed by atoms with Crippen LogP contribution in [0, 0.1) is 5.41 Å². The van der Waals surface area contributed by atoms with Crippen molar-refractivity contribution in [2.45, 2.75) is 52.1 Å². The molecule has 1 fully saturated rings. The van der Waals surface area contributed by atoms with E-state index in [0.717, 1.165) is 12.3 Å². The predicted octanol–water partition coefficient (Wildman–Crippen LogP) is 4.31. The van der Waals surface area contributed by atoms with E-state index >= 15 is 0 Å². The highest BCUT2D eigenvalue weighted by Crippen LogP contribution is 2.35. The van der Waals surface area contributed by atoms with Crippen molar-refractivity contribution in [1.82, 2.24) is 5.32 Å². The van der Waals surface area contributed by atoms with Gasteiger partial charge in [0.2, 0.25) is 0 Å². The molecule has 0 heterocycles. The minimum Gasteiger partial charge on any atom is -0.490 e. The van der Waals surface area contributed by atoms with Crippen LogP contribution in [0.1, 0.15) is 45.1 Å². The molecule has 1 saturated carbocycles. The second-order valence-corrected chi connectivity index (χ2v) is 6.41. The van der Waals surface area contributed by atoms with Gasteiger partial charge in [-0.3, -0.25) is 0 Å². The fourth-order valence-corrected chi connectivity index (χ4v) is 2.97. The first kappa shape index (κ1) is 15.1. The molecular weight excluding hydrogens is 246 g/mol. The van der Waals surface area contributed by atoms with Gasteiger partial charge in [-0.2, -0.15) is 0 Å². The van der Waals surface area contributed by atoms with Gasteiger partial charge < -0.3 is 10.1 Å². The first-order chi connectivity index (χ1) is 9.62. The summed E-state index contributed by atoms with van der Waals surface area (Å²) in [5.74, 6) is 0.909. The van der Waals surface area contributed by atoms with E-state index in [2.05, 4.69) is 37.9 Å². The fraction of sp³-hybridized carbons (Fsp3) is 0.556. The van der Waals surface area contributed by atoms with E-state index in [0.29, 0.717) is 18.1 Å². The van der Waals surface area contributed by atoms with Crippen molar-refractivity contribution < 1.29 is 4.74 Å². The standard InChI is InChI=1S/C18H27NO/c1-4-13-20-16-10-8-15(9-11-16)14-19-17-7-5-6-12-18(17,2)3/h4,8-11,17,19H,1,5-7,12-14H2,2-3H3. The van der Waals surface area contributed by atoms with Crippen LogP contribution in [0.3, 0.4) is 0 Å². The van der Waals surface area contributed by atoms with Crippen molar-refractivity contribution in [2.24, 2.45) is 5.41 Å². The molecule has 0 aliphatic heterocycles. The maximum Gasteiger partial charge on any atom is 0.119 e. The molecule has 0 radical (unpaired) electrons. The lowest BCUT2D eigenvalue weighted by Crippen LogP contribution is -2.43. The van der Waals surface area contributed by atoms with Gasteiger partial charge in [-0.25, -0.2) is 0 Å². The van der Waals surface area contributed by atoms with Gasteiger partial charge in [0.05, 0.1) is 0 Å². The van der Waals surface area contributed by atoms with E-state index in [1.54, 1.807) is 6.08 Å². The summed E-state index contributed by atoms with van der Waals surface area (Å²) in [5, 5.41) is 3.73. The first-order valence-electron chi connectivity index (χ1n) is 7.68. The highest BCUT2D eigenvalue weighted by atomic mass is 16.5. The van der Waals surface area contributed by atoms with Crippen LogP contribution in [-0.4, -0.2) is 12.6 Å². The quantitative estimate of drug-likeness (QED) is 0.780. The summed E-state index contributed by atoms with van der Waals surface area (Å²) in [4.78, 5) is 0. The minimum absolute atomic E-state index is 0.422. The Balaban J connectivity index is 1.85. The highest BCUT2D eigenvalue weighted by Gasteiger charge is 2.31. The van der Waals surface area contributed by atoms with E-state index < -0.39 is 0 Å². The smallest absolute Gasteiger partial charge is 0.119 e. The Morgan fingerprint density at radius 3 is 2.70 bits per heavy atom. The van der Waals surface area contributed by atoms with Crippen molar-refractivity contribution in [2.75, 3.05) is 6.61 Å². The number of hydrogen-bond acceptors (Lipinski definition) is 2. The van der Waals surface area contributed by atoms with Gasteiger partial charge in [0.1, 0.15) is 12.4 Å². The second-order valence-electron chi connectivity index (χ2n) is 6.41. The monoisotopic (exact) mass is 273 g/mol. The Morgan fingerprint density at radius 1 is 1.30 bits per heavy atom. The van der Waals surface area contributed by atoms with Crippen molar-refractivity contribution >= 4 is 0 Å². The summed E-state index contributed by atoms with van der Waals surface area (Å²) in [6.07, 6.45) is 7.13. The van der Waals surface area contributed by atoms with Gasteiger partial charge >= 0.3 is 0 Å². The largest absolute Gasteiger partial charge is 0.490 e. The van der Waals surface area contributed by atoms with Crippen molar-refractivity contribution in [3.05, 3.63) is 42.5 Å². The van der Waals surface area contributed by atoms with Crippen LogP contribution >= 0.6 is 0 Å². The van der Waals surface area contributed by atoms with Gasteiger partial charge in [-0.05, 0) is 36.0 Å². The lowest BCUT2D eigenvalue weighted by Gasteiger charge is -2.39. The summed E-state index contributed by atoms with van der Waals surface area (Å²) in [5.41, 5.74) is 1.74. The van der Waals surface area contributed by atoms with Crippen LogP contribution in [0.15, 0.2) is 36.9 Å². The Kier molecular flexibility index (Phi) is 5.24. The summed E-state index contributed by atoms with van der Waals surface area (Å²) in [7, 11) is 0. The third-order valence-electron chi connectivity index (χ3n) is 4.35. The van der Waals surface area contributed by atoms with Gasteiger partial charge in [0.25, 0.3) is 0 Å². The first-order valence-corrected chi connectivity index (χ1v) is 7.68. The van der Waals surface area contributed by atoms with Gasteiger partial charge in [0, 0.05) is 12.6 Å². The zero-order valence-electron chi connectivity index (χ0n) is 12.8. The topological polar surface area (TPSA) is 21.3 Å². The van der Waals surface area contributed by atoms with Gasteiger partial charge in [-0.15, -0.1) is 0 Å². The summed E-state index contributed by atoms with van der Waals surface area (Å²) < 4.78 is 5.50. The highest BCUT2D eigenvalue weighted by molar-refractivity contribution is 5.27. The van der Waals surface area contributed by atoms with E-state index in [-0.39, 0.29) is 0 Å². The molecule has 110 valence electrons. The second kappa shape index (κ2) is 6.94. The fourth-order valence-electron chi connectivity index (χ4n) is 2.97. The molecule has 1 N–H and O–H groups in total. The zero-order valence-corrected chi connectivity index (χ0v) is 12.8. The third kappa shape index (κ3) is 4.11. The molecule has 2 nitrogen and oxygen atoms in total. The van der Waals surface area contributed by atoms with Crippen molar-refractivity contribution in [3.8, 4) is 5.75 Å². The number of benzene rings is 1. The Morgan fingerprint density at radius 2 is 2.05 bits per heavy atom. The average Bonchev–Trinajstić information content (AvgIpc) is 2.45. The van der Waals surface area contributed by atoms with E-state index in [4.69, 9.17) is 4.74 Å². The molecule has 2 heteroatoms. The molecule has 1 unspecified atom stereocenters. The van der Waals surface area contributed by atoms with Crippen molar-refractivity contribution in [3.63, 3.8) is 0 Å². The van der Waals surface area contributed by atoms with Crippen LogP contribution in [0.25, 0.3) is 0 Å². The maximum absolute atomic E-state index is 5.50. The van der Waals surface area contributed by atoms with Crippen LogP contribution in [-0.2, 0) is 6.54 Å². The molecule has 1 atom stereocenters. The molecule has 2 rings (SSSR count). The maximum atomic E-state index is 5.50. The van der Waals surface area contributed by atoms with E-state index in [9.17, 15) is 0 Å². The molecule has 1 aromatic carbocycles. The van der Waals surface area contributed by atoms with Crippen LogP contribution in [0.2, 0.25) is 0 Å². The lowest BCUT2D eigenvalue weighted by molar-refractivity contribution is 0.167. The number of rotatable bonds is 6. The molecule has 0 saturated heterocycles. The van der Waals surface area contributed by atoms with Crippen molar-refractivity contribution in [1.29, 1.82) is 0 Å². The zero-order chi connectivity index (χ0) is 14.4. The predicted molar refractivity (Wildman–Crippen MR) is 85.0 cm³/mol. The van der Waals surface area contributed by atoms with Gasteiger partial charge in [-0.1, -0.05) is 51.5 Å². The Labute approximate surface area is 123 Å². The van der Waals surface area contributed by atoms with Crippen LogP contribution < -0.4 is 10.1 Å². The Hall–Kier alpha value is -1.28. The number of hydrogen-bond donors (Lipinski definition) is 1. The number of ether oxygens (including phenoxy) is 1. The molecule has 0 spiro atoms. The molecule has 1 aromatic rings. The molecule has 0 amide bonds. The molecule has 0 bridgehead atoms. The average molecular weight is 273 g/mol. The molecule has 0 aromatic heterocycles. The summed E-state index contributed by atoms with van der Waals surface area (Å²) >= 11 is 0. The van der Waals surface area contributed by atoms with E-state index in [1.165, 1.54) is 31.2 Å². The summed E-state index contributed by atoms with van der Waals surface area (Å²) in [6, 6.07) is 8.98. The lowest BCUT2D eigenvalue weighted by atomic mass is 9.73. The number of nitrogens with one attached hydrogen (secondary N) is 1. The molecular formula is C18H27NO. The Bertz CT molecular complexity index is 422. The third-order valence-corrected chi connectivity index (χ3v) is 4.35. The van der Waals surface area contributed by atoms with Crippen LogP contribution in [0.4, 0.5) is 0 Å². The summed E-state index contributed by atoms with van der Waals surface area (Å²) in [6.45, 7) is 9.93.